The molecule has 0 unspecified atom stereocenters. The Morgan fingerprint density at radius 3 is 3.00 bits per heavy atom. The molecule has 15 heavy (non-hydrogen) atoms. The molecule has 0 aliphatic carbocycles. The van der Waals surface area contributed by atoms with Crippen molar-refractivity contribution in [3.8, 4) is 6.07 Å². The van der Waals surface area contributed by atoms with E-state index in [-0.39, 0.29) is 6.61 Å². The molecule has 1 aromatic heterocycles. The summed E-state index contributed by atoms with van der Waals surface area (Å²) in [6.07, 6.45) is 0. The van der Waals surface area contributed by atoms with E-state index in [4.69, 9.17) is 15.1 Å². The first-order valence-electron chi connectivity index (χ1n) is 4.75. The largest absolute Gasteiger partial charge is 0.394 e. The second-order valence-electron chi connectivity index (χ2n) is 2.89. The highest BCUT2D eigenvalue weighted by Gasteiger charge is 1.97. The Kier molecular flexibility index (Phi) is 5.97. The molecular formula is C10H14N2O2S. The van der Waals surface area contributed by atoms with E-state index in [1.807, 2.05) is 12.1 Å². The smallest absolute Gasteiger partial charge is 0.110 e. The fourth-order valence-electron chi connectivity index (χ4n) is 1.06. The van der Waals surface area contributed by atoms with Crippen LogP contribution in [0.4, 0.5) is 0 Å². The van der Waals surface area contributed by atoms with Gasteiger partial charge in [-0.3, -0.25) is 0 Å². The molecule has 0 aliphatic heterocycles. The zero-order chi connectivity index (χ0) is 10.9. The van der Waals surface area contributed by atoms with Crippen LogP contribution in [0.15, 0.2) is 12.1 Å². The Hall–Kier alpha value is -0.930. The predicted octanol–water partition coefficient (Wildman–Crippen LogP) is 0.718. The van der Waals surface area contributed by atoms with E-state index in [2.05, 4.69) is 11.4 Å². The number of aliphatic hydroxyl groups is 1. The molecule has 0 radical (unpaired) electrons. The van der Waals surface area contributed by atoms with Gasteiger partial charge < -0.3 is 15.2 Å². The van der Waals surface area contributed by atoms with Gasteiger partial charge in [0.25, 0.3) is 0 Å². The van der Waals surface area contributed by atoms with Gasteiger partial charge >= 0.3 is 0 Å². The highest BCUT2D eigenvalue weighted by molar-refractivity contribution is 7.12. The number of aliphatic hydroxyl groups excluding tert-OH is 1. The van der Waals surface area contributed by atoms with Crippen LogP contribution in [0, 0.1) is 11.3 Å². The van der Waals surface area contributed by atoms with Crippen LogP contribution >= 0.6 is 11.3 Å². The van der Waals surface area contributed by atoms with Gasteiger partial charge in [0.05, 0.1) is 19.8 Å². The summed E-state index contributed by atoms with van der Waals surface area (Å²) in [5.41, 5.74) is 0. The number of nitrogens with zero attached hydrogens (tertiary/aromatic N) is 1. The minimum absolute atomic E-state index is 0.0659. The molecule has 5 heteroatoms. The maximum atomic E-state index is 8.62. The van der Waals surface area contributed by atoms with Gasteiger partial charge in [0, 0.05) is 18.0 Å². The SMILES string of the molecule is N#Cc1ccc(CNCCOCCO)s1. The highest BCUT2D eigenvalue weighted by atomic mass is 32.1. The molecule has 0 saturated carbocycles. The van der Waals surface area contributed by atoms with Crippen molar-refractivity contribution in [2.45, 2.75) is 6.54 Å². The molecule has 0 aromatic carbocycles. The Labute approximate surface area is 93.1 Å². The van der Waals surface area contributed by atoms with Crippen molar-refractivity contribution in [1.82, 2.24) is 5.32 Å². The lowest BCUT2D eigenvalue weighted by Gasteiger charge is -2.03. The molecular weight excluding hydrogens is 212 g/mol. The van der Waals surface area contributed by atoms with E-state index in [9.17, 15) is 0 Å². The number of nitrogens with one attached hydrogen (secondary N) is 1. The van der Waals surface area contributed by atoms with Gasteiger partial charge in [-0.2, -0.15) is 5.26 Å². The fraction of sp³-hybridized carbons (Fsp3) is 0.500. The summed E-state index contributed by atoms with van der Waals surface area (Å²) in [5.74, 6) is 0. The lowest BCUT2D eigenvalue weighted by molar-refractivity contribution is 0.0938. The van der Waals surface area contributed by atoms with E-state index in [1.165, 1.54) is 11.3 Å². The monoisotopic (exact) mass is 226 g/mol. The lowest BCUT2D eigenvalue weighted by atomic mass is 10.4. The Morgan fingerprint density at radius 2 is 2.33 bits per heavy atom. The van der Waals surface area contributed by atoms with E-state index >= 15 is 0 Å². The number of rotatable bonds is 7. The van der Waals surface area contributed by atoms with Crippen molar-refractivity contribution in [1.29, 1.82) is 5.26 Å². The van der Waals surface area contributed by atoms with Gasteiger partial charge in [-0.25, -0.2) is 0 Å². The van der Waals surface area contributed by atoms with E-state index < -0.39 is 0 Å². The summed E-state index contributed by atoms with van der Waals surface area (Å²) < 4.78 is 5.09. The van der Waals surface area contributed by atoms with Crippen LogP contribution in [-0.2, 0) is 11.3 Å². The van der Waals surface area contributed by atoms with Crippen LogP contribution < -0.4 is 5.32 Å². The summed E-state index contributed by atoms with van der Waals surface area (Å²) >= 11 is 1.50. The van der Waals surface area contributed by atoms with Crippen LogP contribution in [0.1, 0.15) is 9.75 Å². The van der Waals surface area contributed by atoms with E-state index in [0.29, 0.717) is 13.2 Å². The number of hydrogen-bond acceptors (Lipinski definition) is 5. The Morgan fingerprint density at radius 1 is 1.47 bits per heavy atom. The molecule has 0 amide bonds. The summed E-state index contributed by atoms with van der Waals surface area (Å²) in [5, 5.41) is 20.3. The predicted molar refractivity (Wildman–Crippen MR) is 58.6 cm³/mol. The third-order valence-corrected chi connectivity index (χ3v) is 2.72. The zero-order valence-corrected chi connectivity index (χ0v) is 9.22. The number of nitriles is 1. The van der Waals surface area contributed by atoms with Crippen molar-refractivity contribution in [2.75, 3.05) is 26.4 Å². The molecule has 1 rings (SSSR count). The summed E-state index contributed by atoms with van der Waals surface area (Å²) in [4.78, 5) is 1.89. The topological polar surface area (TPSA) is 65.3 Å². The van der Waals surface area contributed by atoms with Crippen molar-refractivity contribution < 1.29 is 9.84 Å². The standard InChI is InChI=1S/C10H14N2O2S/c11-7-9-1-2-10(15-9)8-12-3-5-14-6-4-13/h1-2,12-13H,3-6,8H2. The zero-order valence-electron chi connectivity index (χ0n) is 8.40. The van der Waals surface area contributed by atoms with Crippen molar-refractivity contribution >= 4 is 11.3 Å². The van der Waals surface area contributed by atoms with Crippen LogP contribution in [0.3, 0.4) is 0 Å². The third-order valence-electron chi connectivity index (χ3n) is 1.73. The molecule has 4 nitrogen and oxygen atoms in total. The number of thiophene rings is 1. The minimum atomic E-state index is 0.0659. The summed E-state index contributed by atoms with van der Waals surface area (Å²) in [6, 6.07) is 5.88. The molecule has 0 aliphatic rings. The quantitative estimate of drug-likeness (QED) is 0.672. The fourth-order valence-corrected chi connectivity index (χ4v) is 1.83. The normalized spacial score (nSPS) is 10.1. The van der Waals surface area contributed by atoms with Crippen molar-refractivity contribution in [3.05, 3.63) is 21.9 Å². The first kappa shape index (κ1) is 12.1. The first-order chi connectivity index (χ1) is 7.36. The average Bonchev–Trinajstić information content (AvgIpc) is 2.71. The van der Waals surface area contributed by atoms with Gasteiger partial charge in [0.15, 0.2) is 0 Å². The first-order valence-corrected chi connectivity index (χ1v) is 5.56. The molecule has 1 aromatic rings. The maximum absolute atomic E-state index is 8.62. The maximum Gasteiger partial charge on any atom is 0.110 e. The molecule has 0 spiro atoms. The van der Waals surface area contributed by atoms with Gasteiger partial charge in [-0.15, -0.1) is 11.3 Å². The minimum Gasteiger partial charge on any atom is -0.394 e. The molecule has 0 bridgehead atoms. The van der Waals surface area contributed by atoms with Crippen molar-refractivity contribution in [2.24, 2.45) is 0 Å². The Balaban J connectivity index is 2.07. The van der Waals surface area contributed by atoms with Crippen LogP contribution in [0.25, 0.3) is 0 Å². The molecule has 0 fully saturated rings. The average molecular weight is 226 g/mol. The summed E-state index contributed by atoms with van der Waals surface area (Å²) in [6.45, 7) is 2.56. The molecule has 2 N–H and O–H groups in total. The summed E-state index contributed by atoms with van der Waals surface area (Å²) in [7, 11) is 0. The molecule has 0 atom stereocenters. The van der Waals surface area contributed by atoms with Gasteiger partial charge in [-0.1, -0.05) is 0 Å². The van der Waals surface area contributed by atoms with E-state index in [0.717, 1.165) is 22.8 Å². The van der Waals surface area contributed by atoms with Crippen LogP contribution in [0.5, 0.6) is 0 Å². The third kappa shape index (κ3) is 4.91. The Bertz CT molecular complexity index is 319. The lowest BCUT2D eigenvalue weighted by Crippen LogP contribution is -2.19. The number of hydrogen-bond donors (Lipinski definition) is 2. The van der Waals surface area contributed by atoms with Crippen LogP contribution in [-0.4, -0.2) is 31.5 Å². The van der Waals surface area contributed by atoms with Crippen molar-refractivity contribution in [3.63, 3.8) is 0 Å². The van der Waals surface area contributed by atoms with Crippen LogP contribution in [0.2, 0.25) is 0 Å². The van der Waals surface area contributed by atoms with Gasteiger partial charge in [0.2, 0.25) is 0 Å². The van der Waals surface area contributed by atoms with Gasteiger partial charge in [-0.05, 0) is 12.1 Å². The van der Waals surface area contributed by atoms with E-state index in [1.54, 1.807) is 0 Å². The second kappa shape index (κ2) is 7.37. The van der Waals surface area contributed by atoms with Gasteiger partial charge in [0.1, 0.15) is 10.9 Å². The number of ether oxygens (including phenoxy) is 1. The molecule has 0 saturated heterocycles. The molecule has 1 heterocycles. The second-order valence-corrected chi connectivity index (χ2v) is 4.06. The highest BCUT2D eigenvalue weighted by Crippen LogP contribution is 2.14. The molecule has 82 valence electrons.